The Morgan fingerprint density at radius 3 is 2.35 bits per heavy atom. The van der Waals surface area contributed by atoms with Crippen LogP contribution in [0.4, 0.5) is 10.2 Å². The molecule has 0 saturated heterocycles. The molecule has 20 heavy (non-hydrogen) atoms. The maximum Gasteiger partial charge on any atom is 0.131 e. The van der Waals surface area contributed by atoms with Crippen LogP contribution in [-0.4, -0.2) is 9.78 Å². The van der Waals surface area contributed by atoms with Crippen molar-refractivity contribution in [3.8, 4) is 22.4 Å². The van der Waals surface area contributed by atoms with Crippen LogP contribution in [0.5, 0.6) is 0 Å². The van der Waals surface area contributed by atoms with E-state index in [-0.39, 0.29) is 5.82 Å². The van der Waals surface area contributed by atoms with Gasteiger partial charge in [0.2, 0.25) is 0 Å². The first kappa shape index (κ1) is 12.4. The molecule has 0 bridgehead atoms. The largest absolute Gasteiger partial charge is 0.383 e. The molecule has 0 fully saturated rings. The minimum absolute atomic E-state index is 0.301. The Bertz CT molecular complexity index is 748. The van der Waals surface area contributed by atoms with Crippen LogP contribution < -0.4 is 5.73 Å². The highest BCUT2D eigenvalue weighted by atomic mass is 19.1. The van der Waals surface area contributed by atoms with E-state index in [1.807, 2.05) is 30.3 Å². The molecule has 4 heteroatoms. The van der Waals surface area contributed by atoms with Crippen LogP contribution in [0, 0.1) is 5.82 Å². The number of halogens is 1. The van der Waals surface area contributed by atoms with Crippen molar-refractivity contribution in [1.82, 2.24) is 9.78 Å². The van der Waals surface area contributed by atoms with Crippen LogP contribution in [0.1, 0.15) is 0 Å². The van der Waals surface area contributed by atoms with E-state index in [2.05, 4.69) is 5.10 Å². The first-order valence-electron chi connectivity index (χ1n) is 6.31. The van der Waals surface area contributed by atoms with E-state index >= 15 is 0 Å². The molecule has 0 radical (unpaired) electrons. The minimum atomic E-state index is -0.301. The molecule has 2 N–H and O–H groups in total. The van der Waals surface area contributed by atoms with Gasteiger partial charge in [-0.15, -0.1) is 0 Å². The van der Waals surface area contributed by atoms with Crippen molar-refractivity contribution in [3.05, 3.63) is 60.4 Å². The van der Waals surface area contributed by atoms with Crippen LogP contribution in [0.25, 0.3) is 22.4 Å². The third-order valence-electron chi connectivity index (χ3n) is 3.28. The predicted octanol–water partition coefficient (Wildman–Crippen LogP) is 3.48. The predicted molar refractivity (Wildman–Crippen MR) is 78.5 cm³/mol. The topological polar surface area (TPSA) is 43.8 Å². The fourth-order valence-electron chi connectivity index (χ4n) is 2.26. The number of hydrogen-bond acceptors (Lipinski definition) is 2. The Kier molecular flexibility index (Phi) is 2.99. The molecule has 0 aliphatic carbocycles. The van der Waals surface area contributed by atoms with E-state index in [9.17, 15) is 4.39 Å². The molecule has 0 amide bonds. The fourth-order valence-corrected chi connectivity index (χ4v) is 2.26. The lowest BCUT2D eigenvalue weighted by molar-refractivity contribution is 0.631. The lowest BCUT2D eigenvalue weighted by atomic mass is 10.0. The van der Waals surface area contributed by atoms with E-state index in [0.29, 0.717) is 22.6 Å². The number of nitrogen functional groups attached to an aromatic ring is 1. The van der Waals surface area contributed by atoms with Crippen molar-refractivity contribution in [3.63, 3.8) is 0 Å². The van der Waals surface area contributed by atoms with E-state index < -0.39 is 0 Å². The van der Waals surface area contributed by atoms with Crippen LogP contribution >= 0.6 is 0 Å². The summed E-state index contributed by atoms with van der Waals surface area (Å²) in [5.41, 5.74) is 8.79. The first-order chi connectivity index (χ1) is 9.68. The normalized spacial score (nSPS) is 10.7. The lowest BCUT2D eigenvalue weighted by Gasteiger charge is -2.05. The Hall–Kier alpha value is -2.62. The quantitative estimate of drug-likeness (QED) is 0.772. The summed E-state index contributed by atoms with van der Waals surface area (Å²) in [4.78, 5) is 0. The molecule has 0 aliphatic rings. The summed E-state index contributed by atoms with van der Waals surface area (Å²) in [5, 5.41) is 4.42. The zero-order valence-corrected chi connectivity index (χ0v) is 11.0. The zero-order chi connectivity index (χ0) is 14.1. The second-order valence-corrected chi connectivity index (χ2v) is 4.58. The number of nitrogens with zero attached hydrogens (tertiary/aromatic N) is 2. The summed E-state index contributed by atoms with van der Waals surface area (Å²) in [6.45, 7) is 0. The van der Waals surface area contributed by atoms with Gasteiger partial charge in [0.15, 0.2) is 0 Å². The monoisotopic (exact) mass is 267 g/mol. The Balaban J connectivity index is 2.29. The van der Waals surface area contributed by atoms with Crippen LogP contribution in [0.3, 0.4) is 0 Å². The van der Waals surface area contributed by atoms with Gasteiger partial charge in [-0.2, -0.15) is 5.10 Å². The average molecular weight is 267 g/mol. The van der Waals surface area contributed by atoms with Crippen molar-refractivity contribution < 1.29 is 4.39 Å². The van der Waals surface area contributed by atoms with Gasteiger partial charge >= 0.3 is 0 Å². The molecule has 1 heterocycles. The van der Waals surface area contributed by atoms with Crippen molar-refractivity contribution in [2.45, 2.75) is 0 Å². The molecule has 3 rings (SSSR count). The summed E-state index contributed by atoms with van der Waals surface area (Å²) in [6, 6.07) is 16.2. The van der Waals surface area contributed by atoms with E-state index in [0.717, 1.165) is 5.56 Å². The molecule has 0 spiro atoms. The third kappa shape index (κ3) is 1.95. The molecule has 0 aliphatic heterocycles. The molecule has 2 aromatic carbocycles. The number of hydrogen-bond donors (Lipinski definition) is 1. The molecule has 0 saturated carbocycles. The van der Waals surface area contributed by atoms with Crippen LogP contribution in [-0.2, 0) is 7.05 Å². The first-order valence-corrected chi connectivity index (χ1v) is 6.31. The lowest BCUT2D eigenvalue weighted by Crippen LogP contribution is -1.98. The number of rotatable bonds is 2. The Morgan fingerprint density at radius 1 is 1.00 bits per heavy atom. The number of anilines is 1. The van der Waals surface area contributed by atoms with E-state index in [1.54, 1.807) is 29.9 Å². The molecule has 0 atom stereocenters. The van der Waals surface area contributed by atoms with Gasteiger partial charge in [-0.1, -0.05) is 48.5 Å². The average Bonchev–Trinajstić information content (AvgIpc) is 2.77. The summed E-state index contributed by atoms with van der Waals surface area (Å²) < 4.78 is 15.6. The number of benzene rings is 2. The SMILES string of the molecule is Cn1nc(-c2ccccc2)c(-c2ccccc2F)c1N. The van der Waals surface area contributed by atoms with Crippen molar-refractivity contribution in [2.75, 3.05) is 5.73 Å². The Morgan fingerprint density at radius 2 is 1.65 bits per heavy atom. The smallest absolute Gasteiger partial charge is 0.131 e. The minimum Gasteiger partial charge on any atom is -0.383 e. The highest BCUT2D eigenvalue weighted by molar-refractivity contribution is 5.88. The summed E-state index contributed by atoms with van der Waals surface area (Å²) >= 11 is 0. The van der Waals surface area contributed by atoms with Gasteiger partial charge in [-0.3, -0.25) is 4.68 Å². The molecular weight excluding hydrogens is 253 g/mol. The standard InChI is InChI=1S/C16H14FN3/c1-20-16(18)14(12-9-5-6-10-13(12)17)15(19-20)11-7-3-2-4-8-11/h2-10H,18H2,1H3. The molecule has 100 valence electrons. The number of aryl methyl sites for hydroxylation is 1. The fraction of sp³-hybridized carbons (Fsp3) is 0.0625. The second-order valence-electron chi connectivity index (χ2n) is 4.58. The van der Waals surface area contributed by atoms with Gasteiger partial charge in [-0.05, 0) is 6.07 Å². The van der Waals surface area contributed by atoms with Crippen molar-refractivity contribution in [1.29, 1.82) is 0 Å². The molecular formula is C16H14FN3. The van der Waals surface area contributed by atoms with E-state index in [1.165, 1.54) is 6.07 Å². The summed E-state index contributed by atoms with van der Waals surface area (Å²) in [6.07, 6.45) is 0. The highest BCUT2D eigenvalue weighted by Gasteiger charge is 2.19. The third-order valence-corrected chi connectivity index (χ3v) is 3.28. The van der Waals surface area contributed by atoms with Gasteiger partial charge < -0.3 is 5.73 Å². The molecule has 3 aromatic rings. The van der Waals surface area contributed by atoms with Crippen molar-refractivity contribution in [2.24, 2.45) is 7.05 Å². The highest BCUT2D eigenvalue weighted by Crippen LogP contribution is 2.36. The molecule has 1 aromatic heterocycles. The van der Waals surface area contributed by atoms with Gasteiger partial charge in [0.1, 0.15) is 17.3 Å². The number of aromatic nitrogens is 2. The molecule has 0 unspecified atom stereocenters. The van der Waals surface area contributed by atoms with Crippen molar-refractivity contribution >= 4 is 5.82 Å². The van der Waals surface area contributed by atoms with Gasteiger partial charge in [0.05, 0.1) is 5.56 Å². The van der Waals surface area contributed by atoms with E-state index in [4.69, 9.17) is 5.73 Å². The Labute approximate surface area is 116 Å². The van der Waals surface area contributed by atoms with Gasteiger partial charge in [0, 0.05) is 18.2 Å². The number of nitrogens with two attached hydrogens (primary N) is 1. The second kappa shape index (κ2) is 4.81. The maximum atomic E-state index is 14.1. The summed E-state index contributed by atoms with van der Waals surface area (Å²) in [5.74, 6) is 0.151. The van der Waals surface area contributed by atoms with Crippen LogP contribution in [0.15, 0.2) is 54.6 Å². The molecule has 3 nitrogen and oxygen atoms in total. The summed E-state index contributed by atoms with van der Waals surface area (Å²) in [7, 11) is 1.76. The zero-order valence-electron chi connectivity index (χ0n) is 11.0. The van der Waals surface area contributed by atoms with Crippen LogP contribution in [0.2, 0.25) is 0 Å². The van der Waals surface area contributed by atoms with Gasteiger partial charge in [0.25, 0.3) is 0 Å². The maximum absolute atomic E-state index is 14.1. The van der Waals surface area contributed by atoms with Gasteiger partial charge in [-0.25, -0.2) is 4.39 Å².